The van der Waals surface area contributed by atoms with Crippen molar-refractivity contribution in [1.82, 2.24) is 16.0 Å². The van der Waals surface area contributed by atoms with Crippen molar-refractivity contribution in [2.24, 2.45) is 0 Å². The van der Waals surface area contributed by atoms with Gasteiger partial charge in [-0.3, -0.25) is 4.79 Å². The van der Waals surface area contributed by atoms with Gasteiger partial charge in [0.1, 0.15) is 5.75 Å². The summed E-state index contributed by atoms with van der Waals surface area (Å²) in [4.78, 5) is 12.0. The third-order valence-corrected chi connectivity index (χ3v) is 3.53. The smallest absolute Gasteiger partial charge is 0.238 e. The zero-order chi connectivity index (χ0) is 14.4. The number of amides is 1. The zero-order valence-electron chi connectivity index (χ0n) is 12.1. The molecule has 5 heteroatoms. The summed E-state index contributed by atoms with van der Waals surface area (Å²) in [5.74, 6) is 0.919. The molecule has 1 heterocycles. The molecule has 0 aromatic heterocycles. The molecule has 0 aliphatic carbocycles. The largest absolute Gasteiger partial charge is 0.497 e. The van der Waals surface area contributed by atoms with Crippen molar-refractivity contribution in [3.05, 3.63) is 29.8 Å². The van der Waals surface area contributed by atoms with Crippen LogP contribution in [0.2, 0.25) is 0 Å². The number of ether oxygens (including phenoxy) is 1. The lowest BCUT2D eigenvalue weighted by molar-refractivity contribution is -0.123. The van der Waals surface area contributed by atoms with E-state index in [1.165, 1.54) is 5.56 Å². The second-order valence-electron chi connectivity index (χ2n) is 5.16. The molecule has 1 aliphatic rings. The molecule has 0 saturated carbocycles. The summed E-state index contributed by atoms with van der Waals surface area (Å²) in [7, 11) is 1.65. The van der Waals surface area contributed by atoms with Gasteiger partial charge in [-0.15, -0.1) is 0 Å². The van der Waals surface area contributed by atoms with Crippen LogP contribution in [0.4, 0.5) is 0 Å². The van der Waals surface area contributed by atoms with Crippen LogP contribution in [0.5, 0.6) is 5.75 Å². The Labute approximate surface area is 120 Å². The quantitative estimate of drug-likeness (QED) is 0.724. The molecular formula is C15H23N3O2. The first-order valence-corrected chi connectivity index (χ1v) is 7.06. The van der Waals surface area contributed by atoms with Gasteiger partial charge >= 0.3 is 0 Å². The van der Waals surface area contributed by atoms with Crippen LogP contribution in [-0.4, -0.2) is 44.7 Å². The lowest BCUT2D eigenvalue weighted by Gasteiger charge is -2.28. The van der Waals surface area contributed by atoms with Gasteiger partial charge in [0.15, 0.2) is 0 Å². The highest BCUT2D eigenvalue weighted by Gasteiger charge is 2.22. The molecule has 0 radical (unpaired) electrons. The molecule has 2 rings (SSSR count). The van der Waals surface area contributed by atoms with Crippen molar-refractivity contribution < 1.29 is 9.53 Å². The Hall–Kier alpha value is -1.59. The minimum atomic E-state index is -0.123. The molecule has 0 spiro atoms. The number of carbonyl (C=O) groups excluding carboxylic acids is 1. The Morgan fingerprint density at radius 1 is 1.30 bits per heavy atom. The van der Waals surface area contributed by atoms with Crippen molar-refractivity contribution in [2.45, 2.75) is 25.4 Å². The standard InChI is InChI=1S/C15H23N3O2/c1-11-9-18-14(10-17-11)15(19)16-8-7-12-3-5-13(20-2)6-4-12/h3-6,11,14,17-18H,7-10H2,1-2H3,(H,16,19). The lowest BCUT2D eigenvalue weighted by Crippen LogP contribution is -2.59. The fraction of sp³-hybridized carbons (Fsp3) is 0.533. The van der Waals surface area contributed by atoms with E-state index >= 15 is 0 Å². The highest BCUT2D eigenvalue weighted by atomic mass is 16.5. The molecule has 1 fully saturated rings. The van der Waals surface area contributed by atoms with Gasteiger partial charge in [0.05, 0.1) is 13.2 Å². The predicted molar refractivity (Wildman–Crippen MR) is 79.0 cm³/mol. The number of nitrogens with one attached hydrogen (secondary N) is 3. The van der Waals surface area contributed by atoms with Crippen LogP contribution >= 0.6 is 0 Å². The normalized spacial score (nSPS) is 22.3. The van der Waals surface area contributed by atoms with Gasteiger partial charge in [0.2, 0.25) is 5.91 Å². The SMILES string of the molecule is COc1ccc(CCNC(=O)C2CNC(C)CN2)cc1. The van der Waals surface area contributed by atoms with E-state index in [1.54, 1.807) is 7.11 Å². The number of hydrogen-bond donors (Lipinski definition) is 3. The molecule has 1 amide bonds. The van der Waals surface area contributed by atoms with Crippen LogP contribution in [0, 0.1) is 0 Å². The van der Waals surface area contributed by atoms with Crippen LogP contribution in [0.25, 0.3) is 0 Å². The lowest BCUT2D eigenvalue weighted by atomic mass is 10.1. The highest BCUT2D eigenvalue weighted by molar-refractivity contribution is 5.82. The van der Waals surface area contributed by atoms with Crippen LogP contribution in [0.1, 0.15) is 12.5 Å². The number of benzene rings is 1. The van der Waals surface area contributed by atoms with Crippen LogP contribution in [-0.2, 0) is 11.2 Å². The Kier molecular flexibility index (Phi) is 5.38. The van der Waals surface area contributed by atoms with Gasteiger partial charge in [0, 0.05) is 25.7 Å². The Balaban J connectivity index is 1.70. The summed E-state index contributed by atoms with van der Waals surface area (Å²) in [5, 5.41) is 9.51. The summed E-state index contributed by atoms with van der Waals surface area (Å²) in [6, 6.07) is 8.22. The van der Waals surface area contributed by atoms with E-state index in [0.717, 1.165) is 18.7 Å². The van der Waals surface area contributed by atoms with Crippen molar-refractivity contribution in [3.63, 3.8) is 0 Å². The number of rotatable bonds is 5. The van der Waals surface area contributed by atoms with Gasteiger partial charge in [0.25, 0.3) is 0 Å². The number of carbonyl (C=O) groups is 1. The first-order chi connectivity index (χ1) is 9.69. The van der Waals surface area contributed by atoms with Gasteiger partial charge in [-0.25, -0.2) is 0 Å². The summed E-state index contributed by atoms with van der Waals surface area (Å²) in [6.45, 7) is 4.27. The van der Waals surface area contributed by atoms with E-state index < -0.39 is 0 Å². The fourth-order valence-electron chi connectivity index (χ4n) is 2.21. The van der Waals surface area contributed by atoms with Crippen molar-refractivity contribution in [2.75, 3.05) is 26.7 Å². The van der Waals surface area contributed by atoms with E-state index in [1.807, 2.05) is 24.3 Å². The van der Waals surface area contributed by atoms with E-state index in [2.05, 4.69) is 22.9 Å². The summed E-state index contributed by atoms with van der Waals surface area (Å²) in [5.41, 5.74) is 1.19. The molecule has 1 aromatic carbocycles. The number of piperazine rings is 1. The molecule has 1 saturated heterocycles. The predicted octanol–water partition coefficient (Wildman–Crippen LogP) is 0.304. The molecule has 5 nitrogen and oxygen atoms in total. The highest BCUT2D eigenvalue weighted by Crippen LogP contribution is 2.11. The first kappa shape index (κ1) is 14.8. The Morgan fingerprint density at radius 3 is 2.65 bits per heavy atom. The molecule has 1 aliphatic heterocycles. The summed E-state index contributed by atoms with van der Waals surface area (Å²) >= 11 is 0. The van der Waals surface area contributed by atoms with Gasteiger partial charge in [-0.1, -0.05) is 12.1 Å². The van der Waals surface area contributed by atoms with E-state index in [9.17, 15) is 4.79 Å². The Morgan fingerprint density at radius 2 is 2.05 bits per heavy atom. The van der Waals surface area contributed by atoms with Crippen molar-refractivity contribution >= 4 is 5.91 Å². The van der Waals surface area contributed by atoms with Gasteiger partial charge < -0.3 is 20.7 Å². The van der Waals surface area contributed by atoms with Crippen LogP contribution in [0.3, 0.4) is 0 Å². The van der Waals surface area contributed by atoms with Gasteiger partial charge in [-0.2, -0.15) is 0 Å². The van der Waals surface area contributed by atoms with Crippen molar-refractivity contribution in [3.8, 4) is 5.75 Å². The second kappa shape index (κ2) is 7.26. The third-order valence-electron chi connectivity index (χ3n) is 3.53. The molecule has 1 aromatic rings. The van der Waals surface area contributed by atoms with Crippen molar-refractivity contribution in [1.29, 1.82) is 0 Å². The minimum absolute atomic E-state index is 0.0675. The second-order valence-corrected chi connectivity index (χ2v) is 5.16. The molecule has 20 heavy (non-hydrogen) atoms. The summed E-state index contributed by atoms with van der Waals surface area (Å²) < 4.78 is 5.11. The van der Waals surface area contributed by atoms with Crippen LogP contribution < -0.4 is 20.7 Å². The maximum Gasteiger partial charge on any atom is 0.238 e. The average molecular weight is 277 g/mol. The molecular weight excluding hydrogens is 254 g/mol. The average Bonchev–Trinajstić information content (AvgIpc) is 2.48. The minimum Gasteiger partial charge on any atom is -0.497 e. The maximum atomic E-state index is 12.0. The van der Waals surface area contributed by atoms with Crippen LogP contribution in [0.15, 0.2) is 24.3 Å². The topological polar surface area (TPSA) is 62.4 Å². The molecule has 2 unspecified atom stereocenters. The Bertz CT molecular complexity index is 425. The number of methoxy groups -OCH3 is 1. The van der Waals surface area contributed by atoms with E-state index in [0.29, 0.717) is 19.1 Å². The van der Waals surface area contributed by atoms with Gasteiger partial charge in [-0.05, 0) is 31.0 Å². The number of hydrogen-bond acceptors (Lipinski definition) is 4. The zero-order valence-corrected chi connectivity index (χ0v) is 12.1. The molecule has 110 valence electrons. The summed E-state index contributed by atoms with van der Waals surface area (Å²) in [6.07, 6.45) is 0.826. The monoisotopic (exact) mass is 277 g/mol. The third kappa shape index (κ3) is 4.21. The fourth-order valence-corrected chi connectivity index (χ4v) is 2.21. The molecule has 2 atom stereocenters. The molecule has 3 N–H and O–H groups in total. The first-order valence-electron chi connectivity index (χ1n) is 7.06. The van der Waals surface area contributed by atoms with E-state index in [-0.39, 0.29) is 11.9 Å². The van der Waals surface area contributed by atoms with E-state index in [4.69, 9.17) is 4.74 Å². The maximum absolute atomic E-state index is 12.0. The molecule has 0 bridgehead atoms.